The van der Waals surface area contributed by atoms with Gasteiger partial charge in [0.15, 0.2) is 0 Å². The molecular formula is C15H21NO3S. The summed E-state index contributed by atoms with van der Waals surface area (Å²) in [5.74, 6) is 0.438. The van der Waals surface area contributed by atoms with Crippen molar-refractivity contribution in [2.75, 3.05) is 20.7 Å². The molecule has 4 nitrogen and oxygen atoms in total. The largest absolute Gasteiger partial charge is 0.469 e. The summed E-state index contributed by atoms with van der Waals surface area (Å²) in [5, 5.41) is 1.97. The maximum Gasteiger partial charge on any atom is 0.307 e. The van der Waals surface area contributed by atoms with Gasteiger partial charge in [-0.1, -0.05) is 6.92 Å². The fourth-order valence-corrected chi connectivity index (χ4v) is 3.76. The molecule has 0 aliphatic heterocycles. The van der Waals surface area contributed by atoms with Crippen molar-refractivity contribution in [3.63, 3.8) is 0 Å². The number of methoxy groups -OCH3 is 1. The zero-order valence-corrected chi connectivity index (χ0v) is 13.1. The summed E-state index contributed by atoms with van der Waals surface area (Å²) in [7, 11) is 3.10. The maximum absolute atomic E-state index is 12.4. The highest BCUT2D eigenvalue weighted by molar-refractivity contribution is 7.10. The number of rotatable bonds is 4. The van der Waals surface area contributed by atoms with Crippen LogP contribution in [0.3, 0.4) is 0 Å². The lowest BCUT2D eigenvalue weighted by molar-refractivity contribution is -0.140. The Hall–Kier alpha value is -1.36. The number of carbonyl (C=O) groups is 2. The van der Waals surface area contributed by atoms with Gasteiger partial charge in [0.05, 0.1) is 19.1 Å². The standard InChI is InChI=1S/C15H21NO3S/c1-10-4-5-11-12(9-20-13(11)8-10)15(18)16(2)7-6-14(17)19-3/h9-10H,4-8H2,1-3H3. The molecular weight excluding hydrogens is 274 g/mol. The van der Waals surface area contributed by atoms with Gasteiger partial charge in [0.25, 0.3) is 5.91 Å². The van der Waals surface area contributed by atoms with Gasteiger partial charge < -0.3 is 9.64 Å². The van der Waals surface area contributed by atoms with Crippen molar-refractivity contribution in [2.45, 2.75) is 32.6 Å². The van der Waals surface area contributed by atoms with Crippen molar-refractivity contribution < 1.29 is 14.3 Å². The van der Waals surface area contributed by atoms with Crippen LogP contribution in [-0.4, -0.2) is 37.5 Å². The van der Waals surface area contributed by atoms with Crippen LogP contribution in [0.25, 0.3) is 0 Å². The molecule has 0 N–H and O–H groups in total. The van der Waals surface area contributed by atoms with Crippen LogP contribution in [0.5, 0.6) is 0 Å². The summed E-state index contributed by atoms with van der Waals surface area (Å²) < 4.78 is 4.60. The Balaban J connectivity index is 2.04. The molecule has 1 amide bonds. The minimum atomic E-state index is -0.286. The molecule has 2 rings (SSSR count). The van der Waals surface area contributed by atoms with Crippen LogP contribution in [0, 0.1) is 5.92 Å². The second-order valence-corrected chi connectivity index (χ2v) is 6.42. The van der Waals surface area contributed by atoms with Crippen molar-refractivity contribution in [2.24, 2.45) is 5.92 Å². The molecule has 1 aliphatic carbocycles. The van der Waals surface area contributed by atoms with Crippen molar-refractivity contribution in [3.05, 3.63) is 21.4 Å². The molecule has 0 aromatic carbocycles. The Bertz CT molecular complexity index is 509. The van der Waals surface area contributed by atoms with Crippen molar-refractivity contribution in [1.29, 1.82) is 0 Å². The number of ether oxygens (including phenoxy) is 1. The molecule has 1 aromatic rings. The van der Waals surface area contributed by atoms with Crippen molar-refractivity contribution >= 4 is 23.2 Å². The van der Waals surface area contributed by atoms with Crippen LogP contribution >= 0.6 is 11.3 Å². The van der Waals surface area contributed by atoms with Gasteiger partial charge in [-0.25, -0.2) is 0 Å². The summed E-state index contributed by atoms with van der Waals surface area (Å²) in [4.78, 5) is 26.5. The van der Waals surface area contributed by atoms with E-state index < -0.39 is 0 Å². The van der Waals surface area contributed by atoms with Gasteiger partial charge in [-0.15, -0.1) is 11.3 Å². The van der Waals surface area contributed by atoms with E-state index >= 15 is 0 Å². The number of amides is 1. The molecule has 1 heterocycles. The molecule has 0 bridgehead atoms. The summed E-state index contributed by atoms with van der Waals surface area (Å²) in [6.07, 6.45) is 3.46. The zero-order valence-electron chi connectivity index (χ0n) is 12.3. The third-order valence-electron chi connectivity index (χ3n) is 3.86. The number of fused-ring (bicyclic) bond motifs is 1. The Morgan fingerprint density at radius 2 is 2.25 bits per heavy atom. The first kappa shape index (κ1) is 15.0. The van der Waals surface area contributed by atoms with Gasteiger partial charge in [-0.3, -0.25) is 9.59 Å². The van der Waals surface area contributed by atoms with E-state index in [9.17, 15) is 9.59 Å². The topological polar surface area (TPSA) is 46.6 Å². The second kappa shape index (κ2) is 6.39. The molecule has 1 aliphatic rings. The molecule has 5 heteroatoms. The highest BCUT2D eigenvalue weighted by Gasteiger charge is 2.24. The van der Waals surface area contributed by atoms with Gasteiger partial charge in [0, 0.05) is 23.8 Å². The summed E-state index contributed by atoms with van der Waals surface area (Å²) in [5.41, 5.74) is 2.05. The molecule has 1 aromatic heterocycles. The molecule has 0 radical (unpaired) electrons. The fourth-order valence-electron chi connectivity index (χ4n) is 2.52. The molecule has 1 atom stereocenters. The number of hydrogen-bond donors (Lipinski definition) is 0. The average molecular weight is 295 g/mol. The molecule has 110 valence electrons. The van der Waals surface area contributed by atoms with E-state index in [0.717, 1.165) is 24.8 Å². The normalized spacial score (nSPS) is 17.4. The first-order valence-corrected chi connectivity index (χ1v) is 7.82. The lowest BCUT2D eigenvalue weighted by Crippen LogP contribution is -2.30. The predicted molar refractivity (Wildman–Crippen MR) is 79.1 cm³/mol. The Morgan fingerprint density at radius 1 is 1.50 bits per heavy atom. The minimum Gasteiger partial charge on any atom is -0.469 e. The maximum atomic E-state index is 12.4. The lowest BCUT2D eigenvalue weighted by atomic mass is 9.88. The number of hydrogen-bond acceptors (Lipinski definition) is 4. The van der Waals surface area contributed by atoms with E-state index in [2.05, 4.69) is 11.7 Å². The smallest absolute Gasteiger partial charge is 0.307 e. The predicted octanol–water partition coefficient (Wildman–Crippen LogP) is 2.51. The average Bonchev–Trinajstić information content (AvgIpc) is 2.86. The molecule has 0 spiro atoms. The highest BCUT2D eigenvalue weighted by Crippen LogP contribution is 2.33. The van der Waals surface area contributed by atoms with E-state index in [-0.39, 0.29) is 18.3 Å². The molecule has 20 heavy (non-hydrogen) atoms. The summed E-state index contributed by atoms with van der Waals surface area (Å²) in [6.45, 7) is 2.65. The minimum absolute atomic E-state index is 0.0148. The third-order valence-corrected chi connectivity index (χ3v) is 4.91. The highest BCUT2D eigenvalue weighted by atomic mass is 32.1. The van der Waals surface area contributed by atoms with Gasteiger partial charge >= 0.3 is 5.97 Å². The van der Waals surface area contributed by atoms with E-state index in [1.165, 1.54) is 17.6 Å². The van der Waals surface area contributed by atoms with E-state index in [0.29, 0.717) is 12.5 Å². The van der Waals surface area contributed by atoms with E-state index in [1.807, 2.05) is 5.38 Å². The molecule has 0 fully saturated rings. The Morgan fingerprint density at radius 3 is 2.95 bits per heavy atom. The summed E-state index contributed by atoms with van der Waals surface area (Å²) >= 11 is 1.69. The van der Waals surface area contributed by atoms with Crippen LogP contribution in [0.1, 0.15) is 40.6 Å². The number of nitrogens with zero attached hydrogens (tertiary/aromatic N) is 1. The first-order chi connectivity index (χ1) is 9.52. The van der Waals surface area contributed by atoms with Crippen LogP contribution in [-0.2, 0) is 22.4 Å². The van der Waals surface area contributed by atoms with Gasteiger partial charge in [-0.2, -0.15) is 0 Å². The number of carbonyl (C=O) groups excluding carboxylic acids is 2. The van der Waals surface area contributed by atoms with Gasteiger partial charge in [0.2, 0.25) is 0 Å². The number of esters is 1. The quantitative estimate of drug-likeness (QED) is 0.802. The number of thiophene rings is 1. The second-order valence-electron chi connectivity index (χ2n) is 5.45. The summed E-state index contributed by atoms with van der Waals surface area (Å²) in [6, 6.07) is 0. The van der Waals surface area contributed by atoms with Crippen molar-refractivity contribution in [1.82, 2.24) is 4.90 Å². The lowest BCUT2D eigenvalue weighted by Gasteiger charge is -2.21. The Labute approximate surface area is 123 Å². The first-order valence-electron chi connectivity index (χ1n) is 6.94. The zero-order chi connectivity index (χ0) is 14.7. The van der Waals surface area contributed by atoms with Crippen molar-refractivity contribution in [3.8, 4) is 0 Å². The van der Waals surface area contributed by atoms with Crippen LogP contribution < -0.4 is 0 Å². The van der Waals surface area contributed by atoms with Gasteiger partial charge in [-0.05, 0) is 30.7 Å². The van der Waals surface area contributed by atoms with Crippen LogP contribution in [0.2, 0.25) is 0 Å². The fraction of sp³-hybridized carbons (Fsp3) is 0.600. The molecule has 0 saturated carbocycles. The molecule has 0 saturated heterocycles. The van der Waals surface area contributed by atoms with E-state index in [4.69, 9.17) is 0 Å². The van der Waals surface area contributed by atoms with E-state index in [1.54, 1.807) is 23.3 Å². The third kappa shape index (κ3) is 3.20. The SMILES string of the molecule is COC(=O)CCN(C)C(=O)c1csc2c1CCC(C)C2. The molecule has 1 unspecified atom stereocenters. The van der Waals surface area contributed by atoms with Crippen LogP contribution in [0.15, 0.2) is 5.38 Å². The Kier molecular flexibility index (Phi) is 4.81. The van der Waals surface area contributed by atoms with Crippen LogP contribution in [0.4, 0.5) is 0 Å². The monoisotopic (exact) mass is 295 g/mol. The van der Waals surface area contributed by atoms with Gasteiger partial charge in [0.1, 0.15) is 0 Å².